The minimum absolute atomic E-state index is 0.105. The normalized spacial score (nSPS) is 11.3. The number of nitrogens with two attached hydrogens (primary N) is 1. The van der Waals surface area contributed by atoms with Crippen LogP contribution in [0.3, 0.4) is 0 Å². The van der Waals surface area contributed by atoms with Gasteiger partial charge in [-0.3, -0.25) is 4.79 Å². The van der Waals surface area contributed by atoms with E-state index in [9.17, 15) is 21.6 Å². The zero-order valence-electron chi connectivity index (χ0n) is 15.5. The summed E-state index contributed by atoms with van der Waals surface area (Å²) in [6.45, 7) is 0. The molecule has 0 spiro atoms. The zero-order valence-corrected chi connectivity index (χ0v) is 17.9. The third-order valence-corrected chi connectivity index (χ3v) is 6.49. The Bertz CT molecular complexity index is 1410. The maximum atomic E-state index is 12.5. The Morgan fingerprint density at radius 1 is 0.903 bits per heavy atom. The van der Waals surface area contributed by atoms with Gasteiger partial charge in [0.15, 0.2) is 0 Å². The van der Waals surface area contributed by atoms with E-state index in [-0.39, 0.29) is 11.4 Å². The molecule has 31 heavy (non-hydrogen) atoms. The smallest absolute Gasteiger partial charge is 0.268 e. The molecule has 1 amide bonds. The van der Waals surface area contributed by atoms with E-state index >= 15 is 0 Å². The van der Waals surface area contributed by atoms with Gasteiger partial charge in [0.1, 0.15) is 9.79 Å². The predicted octanol–water partition coefficient (Wildman–Crippen LogP) is 1.30. The van der Waals surface area contributed by atoms with Crippen molar-refractivity contribution in [1.82, 2.24) is 14.7 Å². The lowest BCUT2D eigenvalue weighted by molar-refractivity contribution is 0.0980. The lowest BCUT2D eigenvalue weighted by atomic mass is 10.2. The van der Waals surface area contributed by atoms with Gasteiger partial charge in [0.25, 0.3) is 15.9 Å². The van der Waals surface area contributed by atoms with E-state index in [1.165, 1.54) is 12.1 Å². The minimum Gasteiger partial charge on any atom is -0.268 e. The SMILES string of the molecule is NS(=O)(=O)c1ccccc1S(=O)(=O)NC(=O)c1cnc(C#Cc2ccc(Cl)cc2)nc1. The molecule has 0 aliphatic heterocycles. The highest BCUT2D eigenvalue weighted by molar-refractivity contribution is 7.92. The van der Waals surface area contributed by atoms with Gasteiger partial charge in [-0.15, -0.1) is 0 Å². The average molecular weight is 477 g/mol. The summed E-state index contributed by atoms with van der Waals surface area (Å²) in [6, 6.07) is 11.4. The van der Waals surface area contributed by atoms with Crippen molar-refractivity contribution in [2.45, 2.75) is 9.79 Å². The molecule has 12 heteroatoms. The maximum absolute atomic E-state index is 12.5. The van der Waals surface area contributed by atoms with Crippen molar-refractivity contribution in [3.8, 4) is 11.8 Å². The molecule has 0 aliphatic rings. The van der Waals surface area contributed by atoms with Crippen molar-refractivity contribution in [2.75, 3.05) is 0 Å². The molecule has 3 aromatic rings. The first-order chi connectivity index (χ1) is 14.6. The Labute approximate surface area is 183 Å². The fourth-order valence-corrected chi connectivity index (χ4v) is 4.80. The largest absolute Gasteiger partial charge is 0.268 e. The van der Waals surface area contributed by atoms with E-state index < -0.39 is 35.7 Å². The molecule has 0 saturated carbocycles. The monoisotopic (exact) mass is 476 g/mol. The van der Waals surface area contributed by atoms with Crippen molar-refractivity contribution in [2.24, 2.45) is 5.14 Å². The van der Waals surface area contributed by atoms with Crippen LogP contribution in [-0.2, 0) is 20.0 Å². The van der Waals surface area contributed by atoms with Gasteiger partial charge in [-0.1, -0.05) is 29.7 Å². The summed E-state index contributed by atoms with van der Waals surface area (Å²) in [5.41, 5.74) is 0.503. The standard InChI is InChI=1S/C19H13ClN4O5S2/c20-15-8-5-13(6-9-15)7-10-18-22-11-14(12-23-18)19(25)24-31(28,29)17-4-2-1-3-16(17)30(21,26)27/h1-6,8-9,11-12H,(H,24,25)(H2,21,26,27). The minimum atomic E-state index is -4.53. The molecule has 0 atom stereocenters. The highest BCUT2D eigenvalue weighted by Gasteiger charge is 2.26. The molecular weight excluding hydrogens is 464 g/mol. The molecule has 1 heterocycles. The van der Waals surface area contributed by atoms with Crippen LogP contribution in [0.5, 0.6) is 0 Å². The molecule has 0 saturated heterocycles. The molecule has 0 unspecified atom stereocenters. The fourth-order valence-electron chi connectivity index (χ4n) is 2.31. The fraction of sp³-hybridized carbons (Fsp3) is 0. The highest BCUT2D eigenvalue weighted by Crippen LogP contribution is 2.19. The second kappa shape index (κ2) is 8.83. The molecule has 3 N–H and O–H groups in total. The summed E-state index contributed by atoms with van der Waals surface area (Å²) in [7, 11) is -8.87. The second-order valence-electron chi connectivity index (χ2n) is 5.98. The average Bonchev–Trinajstić information content (AvgIpc) is 2.73. The third kappa shape index (κ3) is 5.65. The summed E-state index contributed by atoms with van der Waals surface area (Å²) < 4.78 is 50.1. The van der Waals surface area contributed by atoms with Crippen molar-refractivity contribution in [1.29, 1.82) is 0 Å². The maximum Gasteiger partial charge on any atom is 0.268 e. The van der Waals surface area contributed by atoms with Crippen molar-refractivity contribution >= 4 is 37.6 Å². The molecule has 3 rings (SSSR count). The summed E-state index contributed by atoms with van der Waals surface area (Å²) in [5, 5.41) is 5.61. The third-order valence-electron chi connectivity index (χ3n) is 3.75. The van der Waals surface area contributed by atoms with E-state index in [1.54, 1.807) is 29.0 Å². The van der Waals surface area contributed by atoms with Gasteiger partial charge in [-0.25, -0.2) is 36.7 Å². The molecule has 1 aromatic heterocycles. The second-order valence-corrected chi connectivity index (χ2v) is 9.60. The number of nitrogens with one attached hydrogen (secondary N) is 1. The number of amides is 1. The van der Waals surface area contributed by atoms with Crippen LogP contribution >= 0.6 is 11.6 Å². The van der Waals surface area contributed by atoms with E-state index in [0.717, 1.165) is 24.5 Å². The van der Waals surface area contributed by atoms with E-state index in [4.69, 9.17) is 16.7 Å². The number of rotatable bonds is 4. The van der Waals surface area contributed by atoms with Gasteiger partial charge in [0.05, 0.1) is 5.56 Å². The molecule has 0 radical (unpaired) electrons. The van der Waals surface area contributed by atoms with Crippen LogP contribution in [0.15, 0.2) is 70.7 Å². The van der Waals surface area contributed by atoms with Crippen LogP contribution in [0.4, 0.5) is 0 Å². The van der Waals surface area contributed by atoms with Crippen LogP contribution in [0.2, 0.25) is 5.02 Å². The lowest BCUT2D eigenvalue weighted by Crippen LogP contribution is -2.32. The Morgan fingerprint density at radius 2 is 1.48 bits per heavy atom. The summed E-state index contributed by atoms with van der Waals surface area (Å²) >= 11 is 5.80. The van der Waals surface area contributed by atoms with Gasteiger partial charge < -0.3 is 0 Å². The summed E-state index contributed by atoms with van der Waals surface area (Å²) in [6.07, 6.45) is 2.19. The van der Waals surface area contributed by atoms with E-state index in [0.29, 0.717) is 10.6 Å². The number of benzene rings is 2. The topological polar surface area (TPSA) is 149 Å². The zero-order chi connectivity index (χ0) is 22.6. The number of hydrogen-bond donors (Lipinski definition) is 2. The molecule has 158 valence electrons. The van der Waals surface area contributed by atoms with Gasteiger partial charge in [-0.05, 0) is 42.3 Å². The van der Waals surface area contributed by atoms with E-state index in [1.807, 2.05) is 0 Å². The first-order valence-electron chi connectivity index (χ1n) is 8.35. The quantitative estimate of drug-likeness (QED) is 0.539. The van der Waals surface area contributed by atoms with Crippen LogP contribution in [0.25, 0.3) is 0 Å². The Kier molecular flexibility index (Phi) is 6.37. The predicted molar refractivity (Wildman–Crippen MR) is 112 cm³/mol. The molecule has 9 nitrogen and oxygen atoms in total. The first-order valence-corrected chi connectivity index (χ1v) is 11.8. The number of primary sulfonamides is 1. The number of nitrogens with zero attached hydrogens (tertiary/aromatic N) is 2. The van der Waals surface area contributed by atoms with Crippen LogP contribution in [0, 0.1) is 11.8 Å². The van der Waals surface area contributed by atoms with Gasteiger partial charge in [0.2, 0.25) is 15.8 Å². The Balaban J connectivity index is 1.79. The van der Waals surface area contributed by atoms with Gasteiger partial charge >= 0.3 is 0 Å². The number of hydrogen-bond acceptors (Lipinski definition) is 7. The van der Waals surface area contributed by atoms with Crippen molar-refractivity contribution in [3.05, 3.63) is 82.9 Å². The summed E-state index contributed by atoms with van der Waals surface area (Å²) in [5.74, 6) is 4.57. The number of halogens is 1. The number of sulfonamides is 2. The van der Waals surface area contributed by atoms with Gasteiger partial charge in [-0.2, -0.15) is 0 Å². The number of carbonyl (C=O) groups excluding carboxylic acids is 1. The van der Waals surface area contributed by atoms with Crippen LogP contribution in [-0.4, -0.2) is 32.7 Å². The van der Waals surface area contributed by atoms with Crippen LogP contribution in [0.1, 0.15) is 21.7 Å². The highest BCUT2D eigenvalue weighted by atomic mass is 35.5. The Morgan fingerprint density at radius 3 is 2.06 bits per heavy atom. The molecule has 0 bridgehead atoms. The lowest BCUT2D eigenvalue weighted by Gasteiger charge is -2.10. The molecule has 2 aromatic carbocycles. The van der Waals surface area contributed by atoms with Crippen LogP contribution < -0.4 is 9.86 Å². The Hall–Kier alpha value is -3.30. The number of aromatic nitrogens is 2. The summed E-state index contributed by atoms with van der Waals surface area (Å²) in [4.78, 5) is 18.8. The molecule has 0 fully saturated rings. The van der Waals surface area contributed by atoms with E-state index in [2.05, 4.69) is 21.8 Å². The molecule has 0 aliphatic carbocycles. The molecular formula is C19H13ClN4O5S2. The first kappa shape index (κ1) is 22.4. The van der Waals surface area contributed by atoms with Gasteiger partial charge in [0, 0.05) is 23.0 Å². The number of carbonyl (C=O) groups is 1. The van der Waals surface area contributed by atoms with Crippen molar-refractivity contribution in [3.63, 3.8) is 0 Å². The van der Waals surface area contributed by atoms with Crippen molar-refractivity contribution < 1.29 is 21.6 Å².